The van der Waals surface area contributed by atoms with Crippen LogP contribution in [0, 0.1) is 12.1 Å². The molecule has 1 aromatic rings. The average Bonchev–Trinajstić information content (AvgIpc) is 2.26. The van der Waals surface area contributed by atoms with Crippen LogP contribution >= 0.6 is 0 Å². The molecule has 0 saturated carbocycles. The maximum Gasteiger partial charge on any atom is 0.182 e. The molecule has 2 aliphatic rings. The third kappa shape index (κ3) is 1.27. The Labute approximate surface area is 90.1 Å². The van der Waals surface area contributed by atoms with E-state index in [9.17, 15) is 9.90 Å². The van der Waals surface area contributed by atoms with E-state index in [1.54, 1.807) is 6.07 Å². The van der Waals surface area contributed by atoms with Crippen LogP contribution in [0.2, 0.25) is 0 Å². The van der Waals surface area contributed by atoms with Gasteiger partial charge in [0.2, 0.25) is 0 Å². The molecule has 1 aliphatic carbocycles. The van der Waals surface area contributed by atoms with Crippen molar-refractivity contribution in [2.24, 2.45) is 0 Å². The second kappa shape index (κ2) is 2.97. The third-order valence-electron chi connectivity index (χ3n) is 2.19. The normalized spacial score (nSPS) is 10.5. The summed E-state index contributed by atoms with van der Waals surface area (Å²) in [5, 5.41) is 9.22. The Morgan fingerprint density at radius 1 is 1.25 bits per heavy atom. The fraction of sp³-hybridized carbons (Fsp3) is 0. The second-order valence-electron chi connectivity index (χ2n) is 3.34. The molecule has 0 amide bonds. The van der Waals surface area contributed by atoms with Crippen molar-refractivity contribution in [2.45, 2.75) is 0 Å². The van der Waals surface area contributed by atoms with Crippen molar-refractivity contribution in [3.05, 3.63) is 46.6 Å². The van der Waals surface area contributed by atoms with Gasteiger partial charge in [0, 0.05) is 12.1 Å². The molecule has 76 valence electrons. The van der Waals surface area contributed by atoms with Crippen LogP contribution in [0.3, 0.4) is 0 Å². The molecular formula is C12H5NO3. The maximum absolute atomic E-state index is 11.1. The summed E-state index contributed by atoms with van der Waals surface area (Å²) in [5.74, 6) is 0.315. The van der Waals surface area contributed by atoms with E-state index >= 15 is 0 Å². The van der Waals surface area contributed by atoms with Gasteiger partial charge in [-0.25, -0.2) is 4.98 Å². The highest BCUT2D eigenvalue weighted by molar-refractivity contribution is 5.75. The predicted molar refractivity (Wildman–Crippen MR) is 56.2 cm³/mol. The standard InChI is InChI=1S/C12H5NO3/c14-7-1-3-9-11(5-7)16-12-6-8(15)2-4-10(12)13-9/h1,3,5-6,15H. The Hall–Kier alpha value is -2.54. The van der Waals surface area contributed by atoms with Gasteiger partial charge >= 0.3 is 0 Å². The highest BCUT2D eigenvalue weighted by Gasteiger charge is 2.08. The highest BCUT2D eigenvalue weighted by atomic mass is 16.3. The summed E-state index contributed by atoms with van der Waals surface area (Å²) in [5.41, 5.74) is 1.26. The smallest absolute Gasteiger partial charge is 0.182 e. The van der Waals surface area contributed by atoms with E-state index in [0.29, 0.717) is 22.6 Å². The number of nitrogens with zero attached hydrogens (tertiary/aromatic N) is 1. The molecule has 3 rings (SSSR count). The predicted octanol–water partition coefficient (Wildman–Crippen LogP) is 1.60. The van der Waals surface area contributed by atoms with Crippen LogP contribution in [-0.4, -0.2) is 10.1 Å². The zero-order valence-corrected chi connectivity index (χ0v) is 8.02. The fourth-order valence-corrected chi connectivity index (χ4v) is 1.48. The second-order valence-corrected chi connectivity index (χ2v) is 3.34. The lowest BCUT2D eigenvalue weighted by atomic mass is 10.2. The van der Waals surface area contributed by atoms with Gasteiger partial charge < -0.3 is 9.52 Å². The first-order chi connectivity index (χ1) is 7.72. The van der Waals surface area contributed by atoms with Crippen LogP contribution in [-0.2, 0) is 0 Å². The van der Waals surface area contributed by atoms with Gasteiger partial charge in [0.05, 0.1) is 0 Å². The Morgan fingerprint density at radius 3 is 3.00 bits per heavy atom. The quantitative estimate of drug-likeness (QED) is 0.613. The average molecular weight is 211 g/mol. The van der Waals surface area contributed by atoms with Gasteiger partial charge in [-0.1, -0.05) is 0 Å². The first-order valence-electron chi connectivity index (χ1n) is 4.60. The number of aromatic hydroxyl groups is 1. The minimum absolute atomic E-state index is 0.0734. The summed E-state index contributed by atoms with van der Waals surface area (Å²) < 4.78 is 5.43. The molecule has 0 fully saturated rings. The zero-order valence-electron chi connectivity index (χ0n) is 8.02. The van der Waals surface area contributed by atoms with Gasteiger partial charge in [-0.15, -0.1) is 0 Å². The number of hydrogen-bond donors (Lipinski definition) is 1. The van der Waals surface area contributed by atoms with Crippen molar-refractivity contribution in [1.82, 2.24) is 4.98 Å². The van der Waals surface area contributed by atoms with Crippen molar-refractivity contribution in [2.75, 3.05) is 0 Å². The molecule has 1 heterocycles. The molecule has 0 aromatic heterocycles. The van der Waals surface area contributed by atoms with Gasteiger partial charge in [-0.2, -0.15) is 0 Å². The van der Waals surface area contributed by atoms with E-state index in [0.717, 1.165) is 0 Å². The van der Waals surface area contributed by atoms with Gasteiger partial charge in [-0.05, 0) is 24.3 Å². The Balaban J connectivity index is 2.46. The first kappa shape index (κ1) is 8.74. The maximum atomic E-state index is 11.1. The summed E-state index contributed by atoms with van der Waals surface area (Å²) in [4.78, 5) is 15.4. The van der Waals surface area contributed by atoms with Crippen LogP contribution < -0.4 is 5.43 Å². The summed E-state index contributed by atoms with van der Waals surface area (Å²) >= 11 is 0. The van der Waals surface area contributed by atoms with E-state index in [1.807, 2.05) is 0 Å². The number of rotatable bonds is 0. The zero-order chi connectivity index (χ0) is 11.1. The van der Waals surface area contributed by atoms with Crippen LogP contribution in [0.25, 0.3) is 22.6 Å². The van der Waals surface area contributed by atoms with E-state index in [2.05, 4.69) is 17.1 Å². The van der Waals surface area contributed by atoms with Gasteiger partial charge in [0.1, 0.15) is 5.69 Å². The van der Waals surface area contributed by atoms with Crippen molar-refractivity contribution >= 4 is 11.1 Å². The van der Waals surface area contributed by atoms with Gasteiger partial charge in [0.15, 0.2) is 28.0 Å². The lowest BCUT2D eigenvalue weighted by molar-refractivity contribution is 0.474. The summed E-state index contributed by atoms with van der Waals surface area (Å²) in [6, 6.07) is 10.9. The molecule has 0 radical (unpaired) electrons. The van der Waals surface area contributed by atoms with Crippen molar-refractivity contribution in [3.63, 3.8) is 0 Å². The third-order valence-corrected chi connectivity index (χ3v) is 2.19. The molecule has 4 nitrogen and oxygen atoms in total. The SMILES string of the molecule is O=c1ccc2nc3c#cc(O)cc3oc-2c1. The minimum atomic E-state index is -0.145. The largest absolute Gasteiger partial charge is 0.501 e. The molecule has 0 unspecified atom stereocenters. The lowest BCUT2D eigenvalue weighted by Crippen LogP contribution is -1.99. The molecule has 1 N–H and O–H groups in total. The monoisotopic (exact) mass is 211 g/mol. The highest BCUT2D eigenvalue weighted by Crippen LogP contribution is 2.23. The molecule has 1 aliphatic heterocycles. The molecular weight excluding hydrogens is 206 g/mol. The summed E-state index contributed by atoms with van der Waals surface area (Å²) in [6.07, 6.45) is 0. The molecule has 0 bridgehead atoms. The first-order valence-corrected chi connectivity index (χ1v) is 4.60. The number of benzene rings is 1. The number of aromatic nitrogens is 1. The molecule has 1 aromatic carbocycles. The topological polar surface area (TPSA) is 63.3 Å². The van der Waals surface area contributed by atoms with Gasteiger partial charge in [0.25, 0.3) is 0 Å². The molecule has 0 atom stereocenters. The van der Waals surface area contributed by atoms with Crippen molar-refractivity contribution < 1.29 is 9.52 Å². The number of fused-ring (bicyclic) bond motifs is 2. The van der Waals surface area contributed by atoms with Crippen LogP contribution in [0.15, 0.2) is 33.5 Å². The van der Waals surface area contributed by atoms with Gasteiger partial charge in [-0.3, -0.25) is 4.79 Å². The lowest BCUT2D eigenvalue weighted by Gasteiger charge is -2.03. The van der Waals surface area contributed by atoms with E-state index < -0.39 is 0 Å². The Kier molecular flexibility index (Phi) is 1.62. The van der Waals surface area contributed by atoms with E-state index in [4.69, 9.17) is 4.42 Å². The summed E-state index contributed by atoms with van der Waals surface area (Å²) in [6.45, 7) is 0. The molecule has 0 spiro atoms. The Bertz CT molecular complexity index is 702. The molecule has 0 saturated heterocycles. The van der Waals surface area contributed by atoms with Crippen LogP contribution in [0.1, 0.15) is 0 Å². The molecule has 16 heavy (non-hydrogen) atoms. The number of hydrogen-bond acceptors (Lipinski definition) is 4. The fourth-order valence-electron chi connectivity index (χ4n) is 1.48. The van der Waals surface area contributed by atoms with E-state index in [-0.39, 0.29) is 11.2 Å². The van der Waals surface area contributed by atoms with Crippen molar-refractivity contribution in [1.29, 1.82) is 0 Å². The van der Waals surface area contributed by atoms with E-state index in [1.165, 1.54) is 18.2 Å². The Morgan fingerprint density at radius 2 is 2.12 bits per heavy atom. The summed E-state index contributed by atoms with van der Waals surface area (Å²) in [7, 11) is 0. The van der Waals surface area contributed by atoms with Crippen LogP contribution in [0.5, 0.6) is 5.75 Å². The molecule has 4 heteroatoms. The van der Waals surface area contributed by atoms with Crippen LogP contribution in [0.4, 0.5) is 0 Å². The minimum Gasteiger partial charge on any atom is -0.501 e. The van der Waals surface area contributed by atoms with Crippen molar-refractivity contribution in [3.8, 4) is 17.2 Å².